The molecule has 2 heterocycles. The zero-order valence-corrected chi connectivity index (χ0v) is 12.6. The molecule has 1 aromatic heterocycles. The van der Waals surface area contributed by atoms with Crippen LogP contribution in [0, 0.1) is 11.7 Å². The number of amides is 2. The number of aromatic nitrogens is 1. The number of halogens is 1. The molecule has 1 aliphatic rings. The van der Waals surface area contributed by atoms with Crippen molar-refractivity contribution in [3.63, 3.8) is 0 Å². The summed E-state index contributed by atoms with van der Waals surface area (Å²) in [7, 11) is 1.63. The summed E-state index contributed by atoms with van der Waals surface area (Å²) in [6, 6.07) is 5.54. The average molecular weight is 319 g/mol. The molecule has 1 aliphatic heterocycles. The monoisotopic (exact) mass is 319 g/mol. The number of thiazole rings is 1. The number of likely N-dealkylation sites (tertiary alicyclic amines) is 1. The lowest BCUT2D eigenvalue weighted by molar-refractivity contribution is -0.127. The van der Waals surface area contributed by atoms with Gasteiger partial charge in [-0.25, -0.2) is 9.37 Å². The van der Waals surface area contributed by atoms with E-state index in [0.717, 1.165) is 0 Å². The van der Waals surface area contributed by atoms with E-state index in [2.05, 4.69) is 10.3 Å². The third-order valence-corrected chi connectivity index (χ3v) is 4.46. The van der Waals surface area contributed by atoms with E-state index in [4.69, 9.17) is 0 Å². The van der Waals surface area contributed by atoms with Crippen LogP contribution in [0.3, 0.4) is 0 Å². The van der Waals surface area contributed by atoms with E-state index in [0.29, 0.717) is 10.7 Å². The number of carbonyl (C=O) groups is 2. The molecule has 0 radical (unpaired) electrons. The number of anilines is 1. The first-order valence-corrected chi connectivity index (χ1v) is 7.65. The van der Waals surface area contributed by atoms with E-state index in [1.54, 1.807) is 30.8 Å². The summed E-state index contributed by atoms with van der Waals surface area (Å²) in [5.74, 6) is -1.36. The highest BCUT2D eigenvalue weighted by Crippen LogP contribution is 2.37. The first kappa shape index (κ1) is 14.6. The van der Waals surface area contributed by atoms with E-state index in [1.165, 1.54) is 28.4 Å². The Morgan fingerprint density at radius 1 is 1.50 bits per heavy atom. The highest BCUT2D eigenvalue weighted by atomic mass is 32.1. The lowest BCUT2D eigenvalue weighted by Crippen LogP contribution is -2.30. The van der Waals surface area contributed by atoms with Crippen molar-refractivity contribution >= 4 is 28.3 Å². The third-order valence-electron chi connectivity index (χ3n) is 3.78. The normalized spacial score (nSPS) is 21.2. The molecule has 1 fully saturated rings. The summed E-state index contributed by atoms with van der Waals surface area (Å²) in [5, 5.41) is 4.96. The Kier molecular flexibility index (Phi) is 3.89. The third kappa shape index (κ3) is 2.71. The molecule has 3 rings (SSSR count). The standard InChI is InChI=1S/C15H14FN3O2S/c1-19-12(20)8-11(14(21)18-15-17-5-6-22-15)13(19)9-3-2-4-10(16)7-9/h2-7,11,13H,8H2,1H3,(H,17,18,21)/t11-,13-/m1/s1. The minimum absolute atomic E-state index is 0.106. The lowest BCUT2D eigenvalue weighted by atomic mass is 9.93. The van der Waals surface area contributed by atoms with Gasteiger partial charge in [0.25, 0.3) is 0 Å². The second-order valence-electron chi connectivity index (χ2n) is 5.14. The number of nitrogens with zero attached hydrogens (tertiary/aromatic N) is 2. The number of rotatable bonds is 3. The van der Waals surface area contributed by atoms with E-state index >= 15 is 0 Å². The molecular weight excluding hydrogens is 305 g/mol. The maximum atomic E-state index is 13.5. The zero-order valence-electron chi connectivity index (χ0n) is 11.8. The van der Waals surface area contributed by atoms with Crippen LogP contribution in [-0.2, 0) is 9.59 Å². The molecule has 1 N–H and O–H groups in total. The second-order valence-corrected chi connectivity index (χ2v) is 6.04. The largest absolute Gasteiger partial charge is 0.338 e. The van der Waals surface area contributed by atoms with Crippen LogP contribution in [0.25, 0.3) is 0 Å². The van der Waals surface area contributed by atoms with E-state index in [-0.39, 0.29) is 24.1 Å². The van der Waals surface area contributed by atoms with Gasteiger partial charge in [0.2, 0.25) is 11.8 Å². The molecule has 0 aliphatic carbocycles. The van der Waals surface area contributed by atoms with Crippen LogP contribution < -0.4 is 5.32 Å². The SMILES string of the molecule is CN1C(=O)C[C@@H](C(=O)Nc2nccs2)[C@H]1c1cccc(F)c1. The highest BCUT2D eigenvalue weighted by molar-refractivity contribution is 7.13. The Bertz CT molecular complexity index is 705. The lowest BCUT2D eigenvalue weighted by Gasteiger charge is -2.24. The van der Waals surface area contributed by atoms with Crippen molar-refractivity contribution in [2.24, 2.45) is 5.92 Å². The molecule has 114 valence electrons. The molecule has 2 atom stereocenters. The highest BCUT2D eigenvalue weighted by Gasteiger charge is 2.42. The van der Waals surface area contributed by atoms with Gasteiger partial charge >= 0.3 is 0 Å². The minimum atomic E-state index is -0.566. The smallest absolute Gasteiger partial charge is 0.232 e. The molecule has 1 aromatic carbocycles. The number of hydrogen-bond acceptors (Lipinski definition) is 4. The summed E-state index contributed by atoms with van der Waals surface area (Å²) in [5.41, 5.74) is 0.618. The van der Waals surface area contributed by atoms with Gasteiger partial charge in [-0.1, -0.05) is 12.1 Å². The van der Waals surface area contributed by atoms with Crippen LogP contribution in [-0.4, -0.2) is 28.7 Å². The van der Waals surface area contributed by atoms with Crippen molar-refractivity contribution in [1.82, 2.24) is 9.88 Å². The molecule has 0 unspecified atom stereocenters. The van der Waals surface area contributed by atoms with Gasteiger partial charge in [0.1, 0.15) is 5.82 Å². The summed E-state index contributed by atoms with van der Waals surface area (Å²) >= 11 is 1.31. The molecule has 22 heavy (non-hydrogen) atoms. The van der Waals surface area contributed by atoms with Gasteiger partial charge in [-0.3, -0.25) is 9.59 Å². The van der Waals surface area contributed by atoms with Crippen molar-refractivity contribution in [1.29, 1.82) is 0 Å². The predicted molar refractivity (Wildman–Crippen MR) is 80.8 cm³/mol. The Hall–Kier alpha value is -2.28. The van der Waals surface area contributed by atoms with Crippen LogP contribution in [0.5, 0.6) is 0 Å². The Morgan fingerprint density at radius 2 is 2.32 bits per heavy atom. The molecular formula is C15H14FN3O2S. The maximum absolute atomic E-state index is 13.5. The fourth-order valence-electron chi connectivity index (χ4n) is 2.73. The van der Waals surface area contributed by atoms with Gasteiger partial charge in [0, 0.05) is 25.0 Å². The van der Waals surface area contributed by atoms with Gasteiger partial charge in [-0.05, 0) is 17.7 Å². The van der Waals surface area contributed by atoms with E-state index in [9.17, 15) is 14.0 Å². The topological polar surface area (TPSA) is 62.3 Å². The van der Waals surface area contributed by atoms with Gasteiger partial charge in [0.15, 0.2) is 5.13 Å². The fourth-order valence-corrected chi connectivity index (χ4v) is 3.27. The summed E-state index contributed by atoms with van der Waals surface area (Å²) in [6.45, 7) is 0. The minimum Gasteiger partial charge on any atom is -0.338 e. The second kappa shape index (κ2) is 5.84. The number of benzene rings is 1. The van der Waals surface area contributed by atoms with E-state index < -0.39 is 12.0 Å². The van der Waals surface area contributed by atoms with Crippen molar-refractivity contribution in [2.75, 3.05) is 12.4 Å². The zero-order chi connectivity index (χ0) is 15.7. The number of nitrogens with one attached hydrogen (secondary N) is 1. The van der Waals surface area contributed by atoms with Crippen LogP contribution in [0.2, 0.25) is 0 Å². The first-order chi connectivity index (χ1) is 10.6. The molecule has 0 spiro atoms. The number of carbonyl (C=O) groups excluding carboxylic acids is 2. The quantitative estimate of drug-likeness (QED) is 0.945. The van der Waals surface area contributed by atoms with Gasteiger partial charge in [0.05, 0.1) is 12.0 Å². The summed E-state index contributed by atoms with van der Waals surface area (Å²) in [6.07, 6.45) is 1.70. The van der Waals surface area contributed by atoms with E-state index in [1.807, 2.05) is 0 Å². The van der Waals surface area contributed by atoms with Crippen molar-refractivity contribution in [3.05, 3.63) is 47.2 Å². The molecule has 2 aromatic rings. The van der Waals surface area contributed by atoms with Crippen molar-refractivity contribution < 1.29 is 14.0 Å². The average Bonchev–Trinajstić information content (AvgIpc) is 3.08. The van der Waals surface area contributed by atoms with Crippen molar-refractivity contribution in [3.8, 4) is 0 Å². The van der Waals surface area contributed by atoms with Crippen LogP contribution in [0.1, 0.15) is 18.0 Å². The molecule has 7 heteroatoms. The fraction of sp³-hybridized carbons (Fsp3) is 0.267. The Morgan fingerprint density at radius 3 is 3.00 bits per heavy atom. The Labute approximate surface area is 130 Å². The van der Waals surface area contributed by atoms with Crippen molar-refractivity contribution in [2.45, 2.75) is 12.5 Å². The predicted octanol–water partition coefficient (Wildman–Crippen LogP) is 2.44. The van der Waals surface area contributed by atoms with Gasteiger partial charge < -0.3 is 10.2 Å². The van der Waals surface area contributed by atoms with Gasteiger partial charge in [-0.2, -0.15) is 0 Å². The van der Waals surface area contributed by atoms with Crippen LogP contribution >= 0.6 is 11.3 Å². The molecule has 5 nitrogen and oxygen atoms in total. The summed E-state index contributed by atoms with van der Waals surface area (Å²) in [4.78, 5) is 30.0. The molecule has 2 amide bonds. The molecule has 0 bridgehead atoms. The number of hydrogen-bond donors (Lipinski definition) is 1. The Balaban J connectivity index is 1.88. The first-order valence-electron chi connectivity index (χ1n) is 6.78. The molecule has 0 saturated carbocycles. The maximum Gasteiger partial charge on any atom is 0.232 e. The van der Waals surface area contributed by atoms with Gasteiger partial charge in [-0.15, -0.1) is 11.3 Å². The summed E-state index contributed by atoms with van der Waals surface area (Å²) < 4.78 is 13.5. The van der Waals surface area contributed by atoms with Crippen LogP contribution in [0.4, 0.5) is 9.52 Å². The molecule has 1 saturated heterocycles. The van der Waals surface area contributed by atoms with Crippen LogP contribution in [0.15, 0.2) is 35.8 Å².